The SMILES string of the molecule is C[C@H](O)[C@](C)(F)CO. The summed E-state index contributed by atoms with van der Waals surface area (Å²) in [4.78, 5) is 0. The van der Waals surface area contributed by atoms with Crippen LogP contribution in [0.15, 0.2) is 0 Å². The summed E-state index contributed by atoms with van der Waals surface area (Å²) in [6.07, 6.45) is -1.10. The lowest BCUT2D eigenvalue weighted by Gasteiger charge is -2.19. The van der Waals surface area contributed by atoms with Crippen LogP contribution in [-0.2, 0) is 0 Å². The normalized spacial score (nSPS) is 22.1. The summed E-state index contributed by atoms with van der Waals surface area (Å²) in [5.41, 5.74) is -1.85. The van der Waals surface area contributed by atoms with E-state index in [4.69, 9.17) is 10.2 Å². The average molecular weight is 122 g/mol. The van der Waals surface area contributed by atoms with Gasteiger partial charge in [-0.05, 0) is 13.8 Å². The highest BCUT2D eigenvalue weighted by molar-refractivity contribution is 4.77. The van der Waals surface area contributed by atoms with Crippen LogP contribution in [-0.4, -0.2) is 28.6 Å². The molecule has 0 aromatic heterocycles. The van der Waals surface area contributed by atoms with Crippen LogP contribution < -0.4 is 0 Å². The largest absolute Gasteiger partial charge is 0.393 e. The molecule has 0 saturated carbocycles. The van der Waals surface area contributed by atoms with Crippen LogP contribution in [0, 0.1) is 0 Å². The Morgan fingerprint density at radius 3 is 2.12 bits per heavy atom. The molecular weight excluding hydrogens is 111 g/mol. The fraction of sp³-hybridized carbons (Fsp3) is 1.00. The van der Waals surface area contributed by atoms with Crippen molar-refractivity contribution in [3.05, 3.63) is 0 Å². The predicted octanol–water partition coefficient (Wildman–Crippen LogP) is 0.0877. The van der Waals surface area contributed by atoms with Gasteiger partial charge in [0.1, 0.15) is 0 Å². The predicted molar refractivity (Wildman–Crippen MR) is 28.3 cm³/mol. The molecule has 8 heavy (non-hydrogen) atoms. The highest BCUT2D eigenvalue weighted by Crippen LogP contribution is 2.13. The van der Waals surface area contributed by atoms with Gasteiger partial charge in [-0.3, -0.25) is 0 Å². The number of aliphatic hydroxyl groups excluding tert-OH is 2. The third-order valence-electron chi connectivity index (χ3n) is 1.18. The lowest BCUT2D eigenvalue weighted by molar-refractivity contribution is -0.0227. The lowest BCUT2D eigenvalue weighted by Crippen LogP contribution is -2.35. The smallest absolute Gasteiger partial charge is 0.156 e. The number of rotatable bonds is 2. The zero-order valence-electron chi connectivity index (χ0n) is 5.06. The molecule has 0 aliphatic carbocycles. The number of alkyl halides is 1. The van der Waals surface area contributed by atoms with Gasteiger partial charge < -0.3 is 10.2 Å². The van der Waals surface area contributed by atoms with E-state index in [2.05, 4.69) is 0 Å². The molecule has 0 radical (unpaired) electrons. The molecule has 0 aromatic carbocycles. The van der Waals surface area contributed by atoms with Crippen molar-refractivity contribution in [2.75, 3.05) is 6.61 Å². The van der Waals surface area contributed by atoms with E-state index in [1.165, 1.54) is 6.92 Å². The van der Waals surface area contributed by atoms with Gasteiger partial charge >= 0.3 is 0 Å². The molecule has 0 saturated heterocycles. The van der Waals surface area contributed by atoms with Gasteiger partial charge in [0.25, 0.3) is 0 Å². The molecule has 2 atom stereocenters. The standard InChI is InChI=1S/C5H11FO2/c1-4(8)5(2,6)3-7/h4,7-8H,3H2,1-2H3/t4-,5+/m0/s1. The van der Waals surface area contributed by atoms with Gasteiger partial charge in [-0.25, -0.2) is 4.39 Å². The molecule has 0 heterocycles. The maximum Gasteiger partial charge on any atom is 0.156 e. The monoisotopic (exact) mass is 122 g/mol. The van der Waals surface area contributed by atoms with Crippen LogP contribution >= 0.6 is 0 Å². The Bertz CT molecular complexity index is 70.8. The van der Waals surface area contributed by atoms with Gasteiger partial charge in [0, 0.05) is 0 Å². The summed E-state index contributed by atoms with van der Waals surface area (Å²) in [6, 6.07) is 0. The van der Waals surface area contributed by atoms with Crippen molar-refractivity contribution in [1.29, 1.82) is 0 Å². The first-order valence-corrected chi connectivity index (χ1v) is 2.48. The fourth-order valence-electron chi connectivity index (χ4n) is 0.132. The minimum absolute atomic E-state index is 0.634. The quantitative estimate of drug-likeness (QED) is 0.545. The first-order chi connectivity index (χ1) is 3.50. The summed E-state index contributed by atoms with van der Waals surface area (Å²) in [7, 11) is 0. The Balaban J connectivity index is 3.71. The van der Waals surface area contributed by atoms with Crippen molar-refractivity contribution in [1.82, 2.24) is 0 Å². The number of hydrogen-bond acceptors (Lipinski definition) is 2. The Morgan fingerprint density at radius 1 is 1.75 bits per heavy atom. The molecule has 2 N–H and O–H groups in total. The molecule has 0 fully saturated rings. The molecule has 0 aromatic rings. The van der Waals surface area contributed by atoms with E-state index >= 15 is 0 Å². The first kappa shape index (κ1) is 7.85. The Kier molecular flexibility index (Phi) is 2.37. The summed E-state index contributed by atoms with van der Waals surface area (Å²) in [5.74, 6) is 0. The van der Waals surface area contributed by atoms with E-state index in [0.717, 1.165) is 6.92 Å². The lowest BCUT2D eigenvalue weighted by atomic mass is 10.1. The van der Waals surface area contributed by atoms with Crippen molar-refractivity contribution < 1.29 is 14.6 Å². The molecule has 0 aliphatic rings. The van der Waals surface area contributed by atoms with Gasteiger partial charge in [-0.15, -0.1) is 0 Å². The zero-order valence-corrected chi connectivity index (χ0v) is 5.06. The topological polar surface area (TPSA) is 40.5 Å². The van der Waals surface area contributed by atoms with Crippen molar-refractivity contribution in [2.24, 2.45) is 0 Å². The maximum atomic E-state index is 12.4. The summed E-state index contributed by atoms with van der Waals surface area (Å²) in [5, 5.41) is 16.8. The third-order valence-corrected chi connectivity index (χ3v) is 1.18. The minimum atomic E-state index is -1.85. The molecule has 2 nitrogen and oxygen atoms in total. The van der Waals surface area contributed by atoms with Gasteiger partial charge in [0.05, 0.1) is 12.7 Å². The van der Waals surface area contributed by atoms with E-state index in [1.807, 2.05) is 0 Å². The molecule has 0 rings (SSSR count). The Hall–Kier alpha value is -0.150. The molecule has 0 spiro atoms. The molecule has 0 aliphatic heterocycles. The highest BCUT2D eigenvalue weighted by Gasteiger charge is 2.27. The fourth-order valence-corrected chi connectivity index (χ4v) is 0.132. The van der Waals surface area contributed by atoms with Gasteiger partial charge in [0.15, 0.2) is 5.67 Å². The van der Waals surface area contributed by atoms with Crippen LogP contribution in [0.1, 0.15) is 13.8 Å². The van der Waals surface area contributed by atoms with E-state index in [0.29, 0.717) is 0 Å². The minimum Gasteiger partial charge on any atom is -0.393 e. The molecule has 0 unspecified atom stereocenters. The van der Waals surface area contributed by atoms with Crippen molar-refractivity contribution in [2.45, 2.75) is 25.6 Å². The van der Waals surface area contributed by atoms with E-state index in [1.54, 1.807) is 0 Å². The van der Waals surface area contributed by atoms with Crippen LogP contribution in [0.3, 0.4) is 0 Å². The van der Waals surface area contributed by atoms with Crippen molar-refractivity contribution >= 4 is 0 Å². The average Bonchev–Trinajstić information content (AvgIpc) is 1.67. The van der Waals surface area contributed by atoms with Gasteiger partial charge in [-0.2, -0.15) is 0 Å². The summed E-state index contributed by atoms with van der Waals surface area (Å²) >= 11 is 0. The van der Waals surface area contributed by atoms with Crippen molar-refractivity contribution in [3.8, 4) is 0 Å². The Morgan fingerprint density at radius 2 is 2.12 bits per heavy atom. The first-order valence-electron chi connectivity index (χ1n) is 2.48. The second-order valence-corrected chi connectivity index (χ2v) is 2.11. The van der Waals surface area contributed by atoms with Crippen LogP contribution in [0.5, 0.6) is 0 Å². The number of aliphatic hydroxyl groups is 2. The number of halogens is 1. The summed E-state index contributed by atoms with van der Waals surface area (Å²) in [6.45, 7) is 1.82. The van der Waals surface area contributed by atoms with E-state index < -0.39 is 18.4 Å². The second-order valence-electron chi connectivity index (χ2n) is 2.11. The van der Waals surface area contributed by atoms with Gasteiger partial charge in [-0.1, -0.05) is 0 Å². The Labute approximate surface area is 48.0 Å². The molecular formula is C5H11FO2. The molecule has 0 amide bonds. The van der Waals surface area contributed by atoms with Crippen LogP contribution in [0.2, 0.25) is 0 Å². The van der Waals surface area contributed by atoms with E-state index in [9.17, 15) is 4.39 Å². The van der Waals surface area contributed by atoms with E-state index in [-0.39, 0.29) is 0 Å². The number of hydrogen-bond donors (Lipinski definition) is 2. The summed E-state index contributed by atoms with van der Waals surface area (Å²) < 4.78 is 12.4. The van der Waals surface area contributed by atoms with Crippen molar-refractivity contribution in [3.63, 3.8) is 0 Å². The molecule has 50 valence electrons. The van der Waals surface area contributed by atoms with Crippen LogP contribution in [0.4, 0.5) is 4.39 Å². The van der Waals surface area contributed by atoms with Crippen LogP contribution in [0.25, 0.3) is 0 Å². The maximum absolute atomic E-state index is 12.4. The second kappa shape index (κ2) is 2.42. The van der Waals surface area contributed by atoms with Gasteiger partial charge in [0.2, 0.25) is 0 Å². The zero-order chi connectivity index (χ0) is 6.78. The highest BCUT2D eigenvalue weighted by atomic mass is 19.1. The molecule has 0 bridgehead atoms. The molecule has 3 heteroatoms. The third kappa shape index (κ3) is 1.76.